The molecule has 0 amide bonds. The van der Waals surface area contributed by atoms with Gasteiger partial charge in [-0.2, -0.15) is 0 Å². The second-order valence-electron chi connectivity index (χ2n) is 5.03. The van der Waals surface area contributed by atoms with E-state index in [9.17, 15) is 4.79 Å². The lowest BCUT2D eigenvalue weighted by atomic mass is 9.78. The smallest absolute Gasteiger partial charge is 0.372 e. The summed E-state index contributed by atoms with van der Waals surface area (Å²) in [6, 6.07) is 0. The number of rotatable bonds is 1. The van der Waals surface area contributed by atoms with Crippen molar-refractivity contribution in [2.24, 2.45) is 12.5 Å². The zero-order chi connectivity index (χ0) is 11.2. The van der Waals surface area contributed by atoms with Gasteiger partial charge in [0.05, 0.1) is 5.69 Å². The van der Waals surface area contributed by atoms with E-state index in [1.54, 1.807) is 11.6 Å². The van der Waals surface area contributed by atoms with Gasteiger partial charge < -0.3 is 9.67 Å². The quantitative estimate of drug-likeness (QED) is 0.763. The molecule has 4 heteroatoms. The second-order valence-corrected chi connectivity index (χ2v) is 5.03. The Morgan fingerprint density at radius 1 is 1.53 bits per heavy atom. The van der Waals surface area contributed by atoms with Crippen molar-refractivity contribution in [2.75, 3.05) is 0 Å². The Bertz CT molecular complexity index is 418. The van der Waals surface area contributed by atoms with Gasteiger partial charge in [-0.3, -0.25) is 0 Å². The van der Waals surface area contributed by atoms with Gasteiger partial charge in [0.25, 0.3) is 0 Å². The third kappa shape index (κ3) is 1.64. The van der Waals surface area contributed by atoms with Gasteiger partial charge in [0.2, 0.25) is 5.82 Å². The van der Waals surface area contributed by atoms with Crippen LogP contribution >= 0.6 is 0 Å². The number of carbonyl (C=O) groups is 1. The monoisotopic (exact) mass is 208 g/mol. The predicted molar refractivity (Wildman–Crippen MR) is 56.0 cm³/mol. The van der Waals surface area contributed by atoms with Crippen molar-refractivity contribution in [1.29, 1.82) is 0 Å². The molecule has 0 fully saturated rings. The normalized spacial score (nSPS) is 18.6. The molecule has 15 heavy (non-hydrogen) atoms. The Morgan fingerprint density at radius 2 is 2.20 bits per heavy atom. The van der Waals surface area contributed by atoms with Crippen molar-refractivity contribution in [3.8, 4) is 0 Å². The lowest BCUT2D eigenvalue weighted by molar-refractivity contribution is 0.0679. The molecule has 4 nitrogen and oxygen atoms in total. The summed E-state index contributed by atoms with van der Waals surface area (Å²) in [5.41, 5.74) is 2.30. The molecule has 0 spiro atoms. The van der Waals surface area contributed by atoms with Crippen molar-refractivity contribution in [2.45, 2.75) is 33.1 Å². The van der Waals surface area contributed by atoms with Crippen LogP contribution in [0.25, 0.3) is 0 Å². The maximum atomic E-state index is 10.9. The molecule has 0 saturated heterocycles. The highest BCUT2D eigenvalue weighted by molar-refractivity contribution is 5.83. The van der Waals surface area contributed by atoms with Crippen LogP contribution in [0.5, 0.6) is 0 Å². The standard InChI is InChI=1S/C11H16N2O2/c1-11(2)5-4-8-7(6-11)12-9(10(14)15)13(8)3/h4-6H2,1-3H3,(H,14,15). The molecule has 1 N–H and O–H groups in total. The van der Waals surface area contributed by atoms with Crippen molar-refractivity contribution < 1.29 is 9.90 Å². The van der Waals surface area contributed by atoms with Gasteiger partial charge in [-0.15, -0.1) is 0 Å². The largest absolute Gasteiger partial charge is 0.475 e. The molecular formula is C11H16N2O2. The first kappa shape index (κ1) is 10.2. The molecule has 0 atom stereocenters. The predicted octanol–water partition coefficient (Wildman–Crippen LogP) is 1.63. The Hall–Kier alpha value is -1.32. The molecule has 0 saturated carbocycles. The molecule has 1 aliphatic rings. The van der Waals surface area contributed by atoms with E-state index in [1.165, 1.54) is 0 Å². The summed E-state index contributed by atoms with van der Waals surface area (Å²) in [4.78, 5) is 15.1. The molecule has 82 valence electrons. The molecule has 1 aromatic heterocycles. The summed E-state index contributed by atoms with van der Waals surface area (Å²) in [5, 5.41) is 8.96. The van der Waals surface area contributed by atoms with E-state index in [-0.39, 0.29) is 11.2 Å². The fraction of sp³-hybridized carbons (Fsp3) is 0.636. The number of fused-ring (bicyclic) bond motifs is 1. The van der Waals surface area contributed by atoms with E-state index >= 15 is 0 Å². The first-order chi connectivity index (χ1) is 6.91. The minimum atomic E-state index is -0.940. The van der Waals surface area contributed by atoms with Crippen LogP contribution in [0.15, 0.2) is 0 Å². The number of aromatic nitrogens is 2. The van der Waals surface area contributed by atoms with Crippen LogP contribution in [0.4, 0.5) is 0 Å². The van der Waals surface area contributed by atoms with Gasteiger partial charge in [-0.05, 0) is 24.7 Å². The van der Waals surface area contributed by atoms with Crippen molar-refractivity contribution in [3.63, 3.8) is 0 Å². The highest BCUT2D eigenvalue weighted by atomic mass is 16.4. The minimum absolute atomic E-state index is 0.165. The Morgan fingerprint density at radius 3 is 2.80 bits per heavy atom. The number of carboxylic acid groups (broad SMARTS) is 1. The summed E-state index contributed by atoms with van der Waals surface area (Å²) in [6.07, 6.45) is 2.90. The fourth-order valence-electron chi connectivity index (χ4n) is 2.23. The number of nitrogens with zero attached hydrogens (tertiary/aromatic N) is 2. The van der Waals surface area contributed by atoms with Gasteiger partial charge in [-0.1, -0.05) is 13.8 Å². The van der Waals surface area contributed by atoms with E-state index in [1.807, 2.05) is 0 Å². The zero-order valence-corrected chi connectivity index (χ0v) is 9.37. The van der Waals surface area contributed by atoms with Crippen LogP contribution in [0.3, 0.4) is 0 Å². The number of aromatic carboxylic acids is 1. The van der Waals surface area contributed by atoms with Crippen LogP contribution in [-0.4, -0.2) is 20.6 Å². The lowest BCUT2D eigenvalue weighted by Gasteiger charge is -2.28. The molecule has 0 aliphatic heterocycles. The van der Waals surface area contributed by atoms with Crippen molar-refractivity contribution in [3.05, 3.63) is 17.2 Å². The Labute approximate surface area is 88.9 Å². The minimum Gasteiger partial charge on any atom is -0.475 e. The molecule has 1 heterocycles. The average Bonchev–Trinajstić information content (AvgIpc) is 2.41. The third-order valence-corrected chi connectivity index (χ3v) is 3.17. The average molecular weight is 208 g/mol. The Kier molecular flexibility index (Phi) is 2.10. The second kappa shape index (κ2) is 3.08. The van der Waals surface area contributed by atoms with Crippen molar-refractivity contribution in [1.82, 2.24) is 9.55 Å². The molecular weight excluding hydrogens is 192 g/mol. The highest BCUT2D eigenvalue weighted by Crippen LogP contribution is 2.34. The van der Waals surface area contributed by atoms with Gasteiger partial charge in [0, 0.05) is 12.7 Å². The van der Waals surface area contributed by atoms with Gasteiger partial charge in [-0.25, -0.2) is 9.78 Å². The molecule has 2 rings (SSSR count). The zero-order valence-electron chi connectivity index (χ0n) is 9.37. The molecule has 0 unspecified atom stereocenters. The number of carboxylic acids is 1. The first-order valence-corrected chi connectivity index (χ1v) is 5.18. The van der Waals surface area contributed by atoms with Crippen LogP contribution < -0.4 is 0 Å². The van der Waals surface area contributed by atoms with Crippen LogP contribution in [0, 0.1) is 5.41 Å². The number of hydrogen-bond acceptors (Lipinski definition) is 2. The van der Waals surface area contributed by atoms with Crippen LogP contribution in [-0.2, 0) is 19.9 Å². The van der Waals surface area contributed by atoms with E-state index in [4.69, 9.17) is 5.11 Å². The SMILES string of the molecule is Cn1c(C(=O)O)nc2c1CCC(C)(C)C2. The van der Waals surface area contributed by atoms with E-state index in [0.717, 1.165) is 30.7 Å². The maximum absolute atomic E-state index is 10.9. The van der Waals surface area contributed by atoms with Crippen LogP contribution in [0.2, 0.25) is 0 Å². The third-order valence-electron chi connectivity index (χ3n) is 3.17. The van der Waals surface area contributed by atoms with Gasteiger partial charge in [0.1, 0.15) is 0 Å². The Balaban J connectivity index is 2.46. The summed E-state index contributed by atoms with van der Waals surface area (Å²) in [7, 11) is 1.79. The number of imidazole rings is 1. The molecule has 1 aliphatic carbocycles. The first-order valence-electron chi connectivity index (χ1n) is 5.18. The van der Waals surface area contributed by atoms with E-state index in [0.29, 0.717) is 0 Å². The number of hydrogen-bond donors (Lipinski definition) is 1. The summed E-state index contributed by atoms with van der Waals surface area (Å²) in [5.74, 6) is -0.776. The summed E-state index contributed by atoms with van der Waals surface area (Å²) >= 11 is 0. The summed E-state index contributed by atoms with van der Waals surface area (Å²) in [6.45, 7) is 4.40. The van der Waals surface area contributed by atoms with Crippen LogP contribution in [0.1, 0.15) is 42.3 Å². The van der Waals surface area contributed by atoms with E-state index in [2.05, 4.69) is 18.8 Å². The topological polar surface area (TPSA) is 55.1 Å². The molecule has 0 bridgehead atoms. The van der Waals surface area contributed by atoms with E-state index < -0.39 is 5.97 Å². The van der Waals surface area contributed by atoms with Gasteiger partial charge >= 0.3 is 5.97 Å². The maximum Gasteiger partial charge on any atom is 0.372 e. The lowest BCUT2D eigenvalue weighted by Crippen LogP contribution is -2.23. The summed E-state index contributed by atoms with van der Waals surface area (Å²) < 4.78 is 1.72. The van der Waals surface area contributed by atoms with Crippen molar-refractivity contribution >= 4 is 5.97 Å². The molecule has 0 radical (unpaired) electrons. The molecule has 1 aromatic rings. The van der Waals surface area contributed by atoms with Gasteiger partial charge in [0.15, 0.2) is 0 Å². The highest BCUT2D eigenvalue weighted by Gasteiger charge is 2.30. The fourth-order valence-corrected chi connectivity index (χ4v) is 2.23. The molecule has 0 aromatic carbocycles.